The van der Waals surface area contributed by atoms with E-state index in [0.29, 0.717) is 0 Å². The van der Waals surface area contributed by atoms with Gasteiger partial charge in [-0.2, -0.15) is 0 Å². The van der Waals surface area contributed by atoms with Gasteiger partial charge in [0, 0.05) is 5.41 Å². The minimum atomic E-state index is 1.37. The summed E-state index contributed by atoms with van der Waals surface area (Å²) in [4.78, 5) is 6.82. The van der Waals surface area contributed by atoms with E-state index in [0.717, 1.165) is 0 Å². The molecule has 0 fully saturated rings. The second-order valence-electron chi connectivity index (χ2n) is 0.539. The summed E-state index contributed by atoms with van der Waals surface area (Å²) >= 11 is 1.37. The molecule has 0 saturated heterocycles. The number of rotatable bonds is 0. The van der Waals surface area contributed by atoms with Gasteiger partial charge in [0.1, 0.15) is 0 Å². The van der Waals surface area contributed by atoms with Crippen LogP contribution in [0.3, 0.4) is 0 Å². The summed E-state index contributed by atoms with van der Waals surface area (Å²) in [5, 5.41) is 1.69. The highest BCUT2D eigenvalue weighted by Crippen LogP contribution is 1.99. The first-order valence-corrected chi connectivity index (χ1v) is 2.02. The molecule has 0 spiro atoms. The third kappa shape index (κ3) is 0.560. The van der Waals surface area contributed by atoms with E-state index in [1.165, 1.54) is 11.9 Å². The van der Waals surface area contributed by atoms with E-state index in [-0.39, 0.29) is 0 Å². The maximum atomic E-state index is 4.35. The average molecular weight is 88.1 g/mol. The zero-order valence-electron chi connectivity index (χ0n) is 2.39. The van der Waals surface area contributed by atoms with Crippen molar-refractivity contribution in [1.29, 1.82) is 0 Å². The Morgan fingerprint density at radius 3 is 3.20 bits per heavy atom. The number of nitrogens with one attached hydrogen (secondary N) is 1. The fourth-order valence-corrected chi connectivity index (χ4v) is 0.361. The van der Waals surface area contributed by atoms with Gasteiger partial charge >= 0.3 is 0 Å². The molecule has 1 heterocycles. The zero-order chi connectivity index (χ0) is 3.54. The molecule has 0 aromatic rings. The van der Waals surface area contributed by atoms with Gasteiger partial charge in [-0.3, -0.25) is 0 Å². The van der Waals surface area contributed by atoms with Crippen molar-refractivity contribution in [3.05, 3.63) is 11.7 Å². The van der Waals surface area contributed by atoms with E-state index >= 15 is 0 Å². The quantitative estimate of drug-likeness (QED) is 0.434. The normalized spacial score (nSPS) is 19.2. The summed E-state index contributed by atoms with van der Waals surface area (Å²) in [7, 11) is 0. The van der Waals surface area contributed by atoms with Gasteiger partial charge in [0.05, 0.1) is 0 Å². The Morgan fingerprint density at radius 1 is 2.00 bits per heavy atom. The van der Waals surface area contributed by atoms with Gasteiger partial charge < -0.3 is 4.84 Å². The summed E-state index contributed by atoms with van der Waals surface area (Å²) < 4.78 is 0. The van der Waals surface area contributed by atoms with E-state index in [4.69, 9.17) is 0 Å². The smallest absolute Gasteiger partial charge is 0.201 e. The largest absolute Gasteiger partial charge is 0.393 e. The molecule has 0 aliphatic carbocycles. The maximum absolute atomic E-state index is 4.35. The van der Waals surface area contributed by atoms with Gasteiger partial charge in [-0.1, -0.05) is 4.89 Å². The van der Waals surface area contributed by atoms with Crippen molar-refractivity contribution in [2.45, 2.75) is 0 Å². The van der Waals surface area contributed by atoms with Crippen LogP contribution in [0.5, 0.6) is 0 Å². The molecule has 3 heteroatoms. The molecular formula is C2H2NOS. The lowest BCUT2D eigenvalue weighted by atomic mass is 11.2. The van der Waals surface area contributed by atoms with Gasteiger partial charge in [-0.15, -0.1) is 0 Å². The molecule has 0 atom stereocenters. The first-order valence-electron chi connectivity index (χ1n) is 1.14. The Balaban J connectivity index is 2.32. The van der Waals surface area contributed by atoms with Crippen LogP contribution >= 0.6 is 11.9 Å². The molecular weight excluding hydrogens is 86.1 g/mol. The molecule has 0 amide bonds. The minimum absolute atomic E-state index is 1.37. The third-order valence-corrected chi connectivity index (χ3v) is 0.649. The van der Waals surface area contributed by atoms with Crippen molar-refractivity contribution in [2.24, 2.45) is 0 Å². The van der Waals surface area contributed by atoms with Crippen molar-refractivity contribution in [3.8, 4) is 0 Å². The Labute approximate surface area is 34.3 Å². The van der Waals surface area contributed by atoms with Crippen LogP contribution in [0.15, 0.2) is 5.41 Å². The second kappa shape index (κ2) is 1.33. The lowest BCUT2D eigenvalue weighted by Crippen LogP contribution is -1.88. The molecule has 1 aliphatic rings. The monoisotopic (exact) mass is 88.0 g/mol. The van der Waals surface area contributed by atoms with Crippen molar-refractivity contribution in [2.75, 3.05) is 0 Å². The highest BCUT2D eigenvalue weighted by Gasteiger charge is 1.84. The predicted molar refractivity (Wildman–Crippen MR) is 19.6 cm³/mol. The number of hydrogen-bond acceptors (Lipinski definition) is 3. The van der Waals surface area contributed by atoms with E-state index < -0.39 is 0 Å². The molecule has 1 radical (unpaired) electrons. The molecule has 1 aliphatic heterocycles. The maximum Gasteiger partial charge on any atom is 0.201 e. The molecule has 1 N–H and O–H groups in total. The van der Waals surface area contributed by atoms with Gasteiger partial charge in [-0.25, -0.2) is 0 Å². The van der Waals surface area contributed by atoms with E-state index in [9.17, 15) is 0 Å². The summed E-state index contributed by atoms with van der Waals surface area (Å²) in [6, 6.07) is 0. The van der Waals surface area contributed by atoms with E-state index in [2.05, 4.69) is 16.0 Å². The van der Waals surface area contributed by atoms with Crippen molar-refractivity contribution in [3.63, 3.8) is 0 Å². The molecule has 0 aromatic heterocycles. The predicted octanol–water partition coefficient (Wildman–Crippen LogP) is 0.444. The molecule has 1 rings (SSSR count). The van der Waals surface area contributed by atoms with Crippen LogP contribution in [-0.4, -0.2) is 0 Å². The first-order chi connectivity index (χ1) is 2.50. The van der Waals surface area contributed by atoms with Crippen LogP contribution in [0.2, 0.25) is 0 Å². The minimum Gasteiger partial charge on any atom is -0.393 e. The van der Waals surface area contributed by atoms with E-state index in [1.807, 2.05) is 0 Å². The fraction of sp³-hybridized carbons (Fsp3) is 0. The van der Waals surface area contributed by atoms with Gasteiger partial charge in [0.2, 0.25) is 6.26 Å². The highest BCUT2D eigenvalue weighted by atomic mass is 32.2. The highest BCUT2D eigenvalue weighted by molar-refractivity contribution is 8.00. The molecule has 0 bridgehead atoms. The van der Waals surface area contributed by atoms with Gasteiger partial charge in [-0.05, 0) is 11.9 Å². The summed E-state index contributed by atoms with van der Waals surface area (Å²) in [5.41, 5.74) is 0. The molecule has 27 valence electrons. The van der Waals surface area contributed by atoms with Crippen LogP contribution in [0.25, 0.3) is 0 Å². The Hall–Kier alpha value is -0.150. The lowest BCUT2D eigenvalue weighted by molar-refractivity contribution is 0.203. The van der Waals surface area contributed by atoms with Gasteiger partial charge in [0.15, 0.2) is 0 Å². The molecule has 5 heavy (non-hydrogen) atoms. The third-order valence-electron chi connectivity index (χ3n) is 0.256. The summed E-state index contributed by atoms with van der Waals surface area (Å²) in [6.07, 6.45) is 2.45. The van der Waals surface area contributed by atoms with Crippen LogP contribution in [0, 0.1) is 6.26 Å². The second-order valence-corrected chi connectivity index (χ2v) is 1.18. The summed E-state index contributed by atoms with van der Waals surface area (Å²) in [6.45, 7) is 0. The molecule has 0 aromatic carbocycles. The average Bonchev–Trinajstić information content (AvgIpc) is 1.76. The Kier molecular flexibility index (Phi) is 0.813. The SMILES string of the molecule is [C]1=CSNO1. The number of hydrogen-bond donors (Lipinski definition) is 1. The van der Waals surface area contributed by atoms with Crippen LogP contribution in [0.4, 0.5) is 0 Å². The first kappa shape index (κ1) is 3.06. The fourth-order valence-electron chi connectivity index (χ4n) is 0.120. The molecule has 0 saturated carbocycles. The topological polar surface area (TPSA) is 21.3 Å². The van der Waals surface area contributed by atoms with Crippen molar-refractivity contribution >= 4 is 11.9 Å². The Morgan fingerprint density at radius 2 is 3.00 bits per heavy atom. The van der Waals surface area contributed by atoms with E-state index in [1.54, 1.807) is 5.41 Å². The van der Waals surface area contributed by atoms with Crippen LogP contribution in [0.1, 0.15) is 0 Å². The van der Waals surface area contributed by atoms with Crippen molar-refractivity contribution in [1.82, 2.24) is 4.89 Å². The van der Waals surface area contributed by atoms with Gasteiger partial charge in [0.25, 0.3) is 0 Å². The lowest BCUT2D eigenvalue weighted by Gasteiger charge is -1.79. The van der Waals surface area contributed by atoms with Crippen LogP contribution in [-0.2, 0) is 4.84 Å². The molecule has 0 unspecified atom stereocenters. The Bertz CT molecular complexity index is 47.6. The summed E-state index contributed by atoms with van der Waals surface area (Å²) in [5.74, 6) is 0. The molecule has 2 nitrogen and oxygen atoms in total. The van der Waals surface area contributed by atoms with Crippen molar-refractivity contribution < 1.29 is 4.84 Å². The van der Waals surface area contributed by atoms with Crippen LogP contribution < -0.4 is 4.89 Å². The zero-order valence-corrected chi connectivity index (χ0v) is 3.21. The standard InChI is InChI=1S/C2H2NOS/c1-2-5-3-4-1/h2-3H.